The highest BCUT2D eigenvalue weighted by Crippen LogP contribution is 2.32. The van der Waals surface area contributed by atoms with Crippen LogP contribution in [0.5, 0.6) is 5.75 Å². The van der Waals surface area contributed by atoms with Crippen molar-refractivity contribution in [3.05, 3.63) is 60.0 Å². The Morgan fingerprint density at radius 1 is 1.04 bits per heavy atom. The Kier molecular flexibility index (Phi) is 4.06. The van der Waals surface area contributed by atoms with Gasteiger partial charge in [0, 0.05) is 28.9 Å². The van der Waals surface area contributed by atoms with Crippen LogP contribution >= 0.6 is 0 Å². The molecular formula is C17H13F3N2O. The number of nitrogens with zero attached hydrogens (tertiary/aromatic N) is 1. The van der Waals surface area contributed by atoms with Gasteiger partial charge < -0.3 is 10.1 Å². The number of hydrogen-bond acceptors (Lipinski definition) is 3. The molecule has 0 unspecified atom stereocenters. The molecule has 3 aromatic rings. The van der Waals surface area contributed by atoms with Gasteiger partial charge in [0.2, 0.25) is 0 Å². The number of hydrogen-bond donors (Lipinski definition) is 1. The zero-order valence-electron chi connectivity index (χ0n) is 12.2. The molecule has 23 heavy (non-hydrogen) atoms. The molecule has 0 bridgehead atoms. The van der Waals surface area contributed by atoms with E-state index < -0.39 is 12.2 Å². The molecule has 0 aliphatic heterocycles. The fourth-order valence-electron chi connectivity index (χ4n) is 2.32. The second kappa shape index (κ2) is 6.16. The highest BCUT2D eigenvalue weighted by Gasteiger charge is 2.11. The molecule has 0 saturated heterocycles. The second-order valence-electron chi connectivity index (χ2n) is 4.91. The van der Waals surface area contributed by atoms with Crippen LogP contribution < -0.4 is 10.1 Å². The van der Waals surface area contributed by atoms with Crippen molar-refractivity contribution in [3.63, 3.8) is 0 Å². The molecule has 0 radical (unpaired) electrons. The third-order valence-corrected chi connectivity index (χ3v) is 3.45. The predicted molar refractivity (Wildman–Crippen MR) is 82.9 cm³/mol. The van der Waals surface area contributed by atoms with Crippen LogP contribution in [0.2, 0.25) is 0 Å². The van der Waals surface area contributed by atoms with Crippen LogP contribution in [0.4, 0.5) is 24.5 Å². The summed E-state index contributed by atoms with van der Waals surface area (Å²) in [5.41, 5.74) is 1.61. The van der Waals surface area contributed by atoms with Gasteiger partial charge in [-0.15, -0.1) is 0 Å². The molecule has 6 heteroatoms. The minimum atomic E-state index is -2.55. The number of rotatable bonds is 4. The van der Waals surface area contributed by atoms with E-state index in [2.05, 4.69) is 10.3 Å². The Labute approximate surface area is 130 Å². The molecule has 0 fully saturated rings. The van der Waals surface area contributed by atoms with Crippen LogP contribution in [0, 0.1) is 5.82 Å². The van der Waals surface area contributed by atoms with E-state index in [0.29, 0.717) is 28.0 Å². The van der Waals surface area contributed by atoms with E-state index in [9.17, 15) is 13.2 Å². The fourth-order valence-corrected chi connectivity index (χ4v) is 2.32. The molecule has 0 aliphatic rings. The Morgan fingerprint density at radius 2 is 1.87 bits per heavy atom. The van der Waals surface area contributed by atoms with E-state index in [1.54, 1.807) is 18.2 Å². The van der Waals surface area contributed by atoms with Crippen LogP contribution in [0.3, 0.4) is 0 Å². The van der Waals surface area contributed by atoms with Crippen molar-refractivity contribution in [3.8, 4) is 5.75 Å². The van der Waals surface area contributed by atoms with E-state index in [0.717, 1.165) is 0 Å². The number of halogens is 3. The quantitative estimate of drug-likeness (QED) is 0.730. The van der Waals surface area contributed by atoms with Crippen LogP contribution in [-0.2, 0) is 0 Å². The van der Waals surface area contributed by atoms with Gasteiger partial charge in [-0.05, 0) is 24.3 Å². The van der Waals surface area contributed by atoms with Gasteiger partial charge >= 0.3 is 0 Å². The molecule has 3 nitrogen and oxygen atoms in total. The first-order chi connectivity index (χ1) is 11.1. The summed E-state index contributed by atoms with van der Waals surface area (Å²) in [5.74, 6) is -0.0623. The second-order valence-corrected chi connectivity index (χ2v) is 4.91. The normalized spacial score (nSPS) is 11.0. The average Bonchev–Trinajstić information content (AvgIpc) is 2.56. The van der Waals surface area contributed by atoms with E-state index in [1.807, 2.05) is 0 Å². The average molecular weight is 318 g/mol. The van der Waals surface area contributed by atoms with Gasteiger partial charge in [-0.2, -0.15) is 0 Å². The first-order valence-electron chi connectivity index (χ1n) is 6.86. The summed E-state index contributed by atoms with van der Waals surface area (Å²) in [6.45, 7) is 0. The third-order valence-electron chi connectivity index (χ3n) is 3.45. The number of ether oxygens (including phenoxy) is 1. The van der Waals surface area contributed by atoms with Crippen LogP contribution in [0.25, 0.3) is 10.9 Å². The fraction of sp³-hybridized carbons (Fsp3) is 0.118. The van der Waals surface area contributed by atoms with Gasteiger partial charge in [-0.1, -0.05) is 12.1 Å². The van der Waals surface area contributed by atoms with Crippen molar-refractivity contribution in [2.75, 3.05) is 12.4 Å². The maximum absolute atomic E-state index is 13.3. The number of fused-ring (bicyclic) bond motifs is 1. The van der Waals surface area contributed by atoms with Crippen LogP contribution in [0.1, 0.15) is 12.0 Å². The largest absolute Gasteiger partial charge is 0.494 e. The Bertz CT molecular complexity index is 852. The van der Waals surface area contributed by atoms with E-state index in [-0.39, 0.29) is 5.56 Å². The van der Waals surface area contributed by atoms with Gasteiger partial charge in [0.15, 0.2) is 0 Å². The maximum atomic E-state index is 13.3. The lowest BCUT2D eigenvalue weighted by Crippen LogP contribution is -1.97. The lowest BCUT2D eigenvalue weighted by Gasteiger charge is -2.13. The predicted octanol–water partition coefficient (Wildman–Crippen LogP) is 5.06. The molecule has 0 amide bonds. The Morgan fingerprint density at radius 3 is 2.61 bits per heavy atom. The summed E-state index contributed by atoms with van der Waals surface area (Å²) in [5, 5.41) is 3.81. The van der Waals surface area contributed by atoms with Gasteiger partial charge in [-0.25, -0.2) is 13.2 Å². The van der Waals surface area contributed by atoms with Crippen molar-refractivity contribution in [2.24, 2.45) is 0 Å². The maximum Gasteiger partial charge on any atom is 0.263 e. The molecule has 1 aromatic heterocycles. The first-order valence-corrected chi connectivity index (χ1v) is 6.86. The molecule has 1 heterocycles. The molecule has 2 aromatic carbocycles. The van der Waals surface area contributed by atoms with Crippen LogP contribution in [0.15, 0.2) is 48.7 Å². The first kappa shape index (κ1) is 15.1. The Hall–Kier alpha value is -2.76. The summed E-state index contributed by atoms with van der Waals surface area (Å²) in [7, 11) is 1.44. The van der Waals surface area contributed by atoms with Gasteiger partial charge in [-0.3, -0.25) is 4.98 Å². The number of anilines is 2. The number of pyridine rings is 1. The summed E-state index contributed by atoms with van der Waals surface area (Å²) >= 11 is 0. The molecule has 0 atom stereocenters. The summed E-state index contributed by atoms with van der Waals surface area (Å²) in [4.78, 5) is 4.12. The van der Waals surface area contributed by atoms with Crippen molar-refractivity contribution >= 4 is 22.3 Å². The zero-order chi connectivity index (χ0) is 16.4. The standard InChI is InChI=1S/C17H13F3N2O/c1-23-16-9-11(18)3-5-14(16)22-13-6-7-21-15-8-10(17(19)20)2-4-12(13)15/h2-9,17H,1H3,(H,21,22). The number of aromatic nitrogens is 1. The topological polar surface area (TPSA) is 34.1 Å². The third kappa shape index (κ3) is 3.06. The van der Waals surface area contributed by atoms with E-state index in [1.165, 1.54) is 37.6 Å². The van der Waals surface area contributed by atoms with Gasteiger partial charge in [0.25, 0.3) is 6.43 Å². The summed E-state index contributed by atoms with van der Waals surface area (Å²) in [6, 6.07) is 10.1. The molecule has 118 valence electrons. The summed E-state index contributed by atoms with van der Waals surface area (Å²) in [6.07, 6.45) is -1.02. The smallest absolute Gasteiger partial charge is 0.263 e. The molecule has 3 rings (SSSR count). The van der Waals surface area contributed by atoms with Crippen molar-refractivity contribution in [1.29, 1.82) is 0 Å². The van der Waals surface area contributed by atoms with Crippen molar-refractivity contribution in [2.45, 2.75) is 6.43 Å². The Balaban J connectivity index is 2.04. The molecule has 0 aliphatic carbocycles. The number of nitrogens with one attached hydrogen (secondary N) is 1. The molecule has 1 N–H and O–H groups in total. The molecular weight excluding hydrogens is 305 g/mol. The number of methoxy groups -OCH3 is 1. The van der Waals surface area contributed by atoms with Gasteiger partial charge in [0.1, 0.15) is 11.6 Å². The van der Waals surface area contributed by atoms with Crippen molar-refractivity contribution < 1.29 is 17.9 Å². The minimum absolute atomic E-state index is 0.0819. The SMILES string of the molecule is COc1cc(F)ccc1Nc1ccnc2cc(C(F)F)ccc12. The van der Waals surface area contributed by atoms with E-state index in [4.69, 9.17) is 4.74 Å². The van der Waals surface area contributed by atoms with Crippen molar-refractivity contribution in [1.82, 2.24) is 4.98 Å². The van der Waals surface area contributed by atoms with E-state index >= 15 is 0 Å². The highest BCUT2D eigenvalue weighted by atomic mass is 19.3. The van der Waals surface area contributed by atoms with Gasteiger partial charge in [0.05, 0.1) is 18.3 Å². The molecule has 0 saturated carbocycles. The number of benzene rings is 2. The lowest BCUT2D eigenvalue weighted by atomic mass is 10.1. The minimum Gasteiger partial charge on any atom is -0.494 e. The van der Waals surface area contributed by atoms with Crippen LogP contribution in [-0.4, -0.2) is 12.1 Å². The monoisotopic (exact) mass is 318 g/mol. The highest BCUT2D eigenvalue weighted by molar-refractivity contribution is 5.93. The summed E-state index contributed by atoms with van der Waals surface area (Å²) < 4.78 is 44.0. The number of alkyl halides is 2. The zero-order valence-corrected chi connectivity index (χ0v) is 12.2. The lowest BCUT2D eigenvalue weighted by molar-refractivity contribution is 0.151. The molecule has 0 spiro atoms.